The smallest absolute Gasteiger partial charge is 0.339 e. The molecule has 162 valence electrons. The number of hydrogen-bond acceptors (Lipinski definition) is 8. The summed E-state index contributed by atoms with van der Waals surface area (Å²) in [6.45, 7) is 2.16. The molecule has 2 rings (SSSR count). The highest BCUT2D eigenvalue weighted by molar-refractivity contribution is 5.91. The Morgan fingerprint density at radius 3 is 2.53 bits per heavy atom. The molecule has 1 aromatic carbocycles. The minimum Gasteiger partial charge on any atom is -0.497 e. The van der Waals surface area contributed by atoms with Crippen LogP contribution < -0.4 is 14.8 Å². The molecule has 0 saturated carbocycles. The second-order valence-corrected chi connectivity index (χ2v) is 6.14. The molecule has 8 nitrogen and oxygen atoms in total. The molecule has 0 spiro atoms. The fourth-order valence-corrected chi connectivity index (χ4v) is 2.76. The van der Waals surface area contributed by atoms with Gasteiger partial charge in [0, 0.05) is 24.6 Å². The van der Waals surface area contributed by atoms with Crippen LogP contribution in [0.1, 0.15) is 35.0 Å². The van der Waals surface area contributed by atoms with Gasteiger partial charge in [-0.3, -0.25) is 4.79 Å². The Bertz CT molecular complexity index is 903. The van der Waals surface area contributed by atoms with Gasteiger partial charge in [0.05, 0.1) is 45.6 Å². The van der Waals surface area contributed by atoms with E-state index in [4.69, 9.17) is 18.9 Å². The number of rotatable bonds is 10. The highest BCUT2D eigenvalue weighted by atomic mass is 19.1. The van der Waals surface area contributed by atoms with Crippen molar-refractivity contribution in [2.45, 2.75) is 26.3 Å². The molecule has 0 aliphatic heterocycles. The van der Waals surface area contributed by atoms with Crippen LogP contribution in [0.15, 0.2) is 24.3 Å². The molecule has 0 fully saturated rings. The molecule has 0 aliphatic carbocycles. The summed E-state index contributed by atoms with van der Waals surface area (Å²) < 4.78 is 34.7. The SMILES string of the molecule is CCOC(=O)CCc1nc(NCc2ccc(OC)cc2OC)c(F)cc1C(=O)OC. The maximum absolute atomic E-state index is 14.6. The van der Waals surface area contributed by atoms with Gasteiger partial charge in [0.15, 0.2) is 11.6 Å². The Kier molecular flexibility index (Phi) is 8.40. The van der Waals surface area contributed by atoms with Gasteiger partial charge < -0.3 is 24.3 Å². The molecular weight excluding hydrogens is 395 g/mol. The van der Waals surface area contributed by atoms with Gasteiger partial charge in [-0.05, 0) is 25.1 Å². The normalized spacial score (nSPS) is 10.3. The van der Waals surface area contributed by atoms with E-state index in [1.807, 2.05) is 0 Å². The number of pyridine rings is 1. The number of aromatic nitrogens is 1. The lowest BCUT2D eigenvalue weighted by Gasteiger charge is -2.14. The number of anilines is 1. The summed E-state index contributed by atoms with van der Waals surface area (Å²) >= 11 is 0. The van der Waals surface area contributed by atoms with Crippen molar-refractivity contribution < 1.29 is 32.9 Å². The van der Waals surface area contributed by atoms with Gasteiger partial charge in [-0.25, -0.2) is 14.2 Å². The average Bonchev–Trinajstić information content (AvgIpc) is 2.76. The van der Waals surface area contributed by atoms with Crippen LogP contribution in [0.5, 0.6) is 11.5 Å². The first kappa shape index (κ1) is 22.9. The Morgan fingerprint density at radius 2 is 1.90 bits per heavy atom. The van der Waals surface area contributed by atoms with E-state index in [1.165, 1.54) is 14.2 Å². The number of esters is 2. The number of aryl methyl sites for hydroxylation is 1. The van der Waals surface area contributed by atoms with Gasteiger partial charge in [-0.2, -0.15) is 0 Å². The third-order valence-electron chi connectivity index (χ3n) is 4.27. The Balaban J connectivity index is 2.26. The number of nitrogens with one attached hydrogen (secondary N) is 1. The molecule has 0 atom stereocenters. The highest BCUT2D eigenvalue weighted by Gasteiger charge is 2.19. The minimum atomic E-state index is -0.733. The van der Waals surface area contributed by atoms with E-state index in [2.05, 4.69) is 10.3 Å². The summed E-state index contributed by atoms with van der Waals surface area (Å²) in [5.74, 6) is -0.748. The zero-order chi connectivity index (χ0) is 22.1. The van der Waals surface area contributed by atoms with E-state index in [-0.39, 0.29) is 43.1 Å². The van der Waals surface area contributed by atoms with E-state index in [1.54, 1.807) is 32.2 Å². The summed E-state index contributed by atoms with van der Waals surface area (Å²) in [6, 6.07) is 6.31. The molecule has 30 heavy (non-hydrogen) atoms. The number of benzene rings is 1. The van der Waals surface area contributed by atoms with Crippen LogP contribution >= 0.6 is 0 Å². The van der Waals surface area contributed by atoms with Crippen LogP contribution in [0.4, 0.5) is 10.2 Å². The van der Waals surface area contributed by atoms with Crippen molar-refractivity contribution in [2.24, 2.45) is 0 Å². The lowest BCUT2D eigenvalue weighted by atomic mass is 10.1. The molecule has 2 aromatic rings. The number of methoxy groups -OCH3 is 3. The summed E-state index contributed by atoms with van der Waals surface area (Å²) in [4.78, 5) is 27.9. The molecule has 1 heterocycles. The Labute approximate surface area is 174 Å². The molecule has 0 saturated heterocycles. The van der Waals surface area contributed by atoms with Crippen molar-refractivity contribution in [1.82, 2.24) is 4.98 Å². The van der Waals surface area contributed by atoms with Crippen LogP contribution in [-0.2, 0) is 27.2 Å². The molecule has 0 radical (unpaired) electrons. The molecule has 0 amide bonds. The summed E-state index contributed by atoms with van der Waals surface area (Å²) in [5, 5.41) is 2.90. The fourth-order valence-electron chi connectivity index (χ4n) is 2.76. The third-order valence-corrected chi connectivity index (χ3v) is 4.27. The zero-order valence-electron chi connectivity index (χ0n) is 17.4. The number of halogens is 1. The predicted octanol–water partition coefficient (Wildman–Crippen LogP) is 3.13. The average molecular weight is 420 g/mol. The van der Waals surface area contributed by atoms with E-state index >= 15 is 0 Å². The van der Waals surface area contributed by atoms with E-state index in [0.29, 0.717) is 11.5 Å². The van der Waals surface area contributed by atoms with Crippen LogP contribution in [0.25, 0.3) is 0 Å². The van der Waals surface area contributed by atoms with Crippen LogP contribution in [-0.4, -0.2) is 44.9 Å². The number of hydrogen-bond donors (Lipinski definition) is 1. The minimum absolute atomic E-state index is 0.00219. The second-order valence-electron chi connectivity index (χ2n) is 6.14. The first-order valence-electron chi connectivity index (χ1n) is 9.31. The van der Waals surface area contributed by atoms with Gasteiger partial charge in [0.1, 0.15) is 11.5 Å². The number of carbonyl (C=O) groups excluding carboxylic acids is 2. The Morgan fingerprint density at radius 1 is 1.13 bits per heavy atom. The lowest BCUT2D eigenvalue weighted by Crippen LogP contribution is -2.14. The largest absolute Gasteiger partial charge is 0.497 e. The lowest BCUT2D eigenvalue weighted by molar-refractivity contribution is -0.143. The van der Waals surface area contributed by atoms with Crippen LogP contribution in [0.2, 0.25) is 0 Å². The third kappa shape index (κ3) is 5.82. The zero-order valence-corrected chi connectivity index (χ0v) is 17.4. The summed E-state index contributed by atoms with van der Waals surface area (Å²) in [6.07, 6.45) is 0.103. The fraction of sp³-hybridized carbons (Fsp3) is 0.381. The molecular formula is C21H25FN2O6. The molecule has 0 unspecified atom stereocenters. The van der Waals surface area contributed by atoms with E-state index in [0.717, 1.165) is 11.6 Å². The molecule has 9 heteroatoms. The Hall–Kier alpha value is -3.36. The molecule has 1 aromatic heterocycles. The maximum Gasteiger partial charge on any atom is 0.339 e. The van der Waals surface area contributed by atoms with Crippen molar-refractivity contribution >= 4 is 17.8 Å². The molecule has 0 aliphatic rings. The number of nitrogens with zero attached hydrogens (tertiary/aromatic N) is 1. The van der Waals surface area contributed by atoms with Gasteiger partial charge in [0.2, 0.25) is 0 Å². The van der Waals surface area contributed by atoms with Crippen molar-refractivity contribution in [2.75, 3.05) is 33.3 Å². The van der Waals surface area contributed by atoms with E-state index in [9.17, 15) is 14.0 Å². The van der Waals surface area contributed by atoms with Gasteiger partial charge in [0.25, 0.3) is 0 Å². The monoisotopic (exact) mass is 420 g/mol. The molecule has 0 bridgehead atoms. The van der Waals surface area contributed by atoms with Gasteiger partial charge in [-0.15, -0.1) is 0 Å². The van der Waals surface area contributed by atoms with Crippen molar-refractivity contribution in [1.29, 1.82) is 0 Å². The standard InChI is InChI=1S/C21H25FN2O6/c1-5-30-19(25)9-8-17-15(21(26)29-4)11-16(22)20(24-17)23-12-13-6-7-14(27-2)10-18(13)28-3/h6-7,10-11H,5,8-9,12H2,1-4H3,(H,23,24). The second kappa shape index (κ2) is 11.0. The van der Waals surface area contributed by atoms with Crippen molar-refractivity contribution in [3.05, 3.63) is 46.9 Å². The summed E-state index contributed by atoms with van der Waals surface area (Å²) in [5.41, 5.74) is 0.956. The summed E-state index contributed by atoms with van der Waals surface area (Å²) in [7, 11) is 4.26. The van der Waals surface area contributed by atoms with Crippen LogP contribution in [0, 0.1) is 5.82 Å². The first-order valence-corrected chi connectivity index (χ1v) is 9.31. The molecule has 1 N–H and O–H groups in total. The van der Waals surface area contributed by atoms with E-state index < -0.39 is 17.8 Å². The highest BCUT2D eigenvalue weighted by Crippen LogP contribution is 2.26. The number of carbonyl (C=O) groups is 2. The topological polar surface area (TPSA) is 96.0 Å². The van der Waals surface area contributed by atoms with Crippen LogP contribution in [0.3, 0.4) is 0 Å². The maximum atomic E-state index is 14.6. The van der Waals surface area contributed by atoms with Gasteiger partial charge in [-0.1, -0.05) is 0 Å². The van der Waals surface area contributed by atoms with Crippen molar-refractivity contribution in [3.8, 4) is 11.5 Å². The van der Waals surface area contributed by atoms with Gasteiger partial charge >= 0.3 is 11.9 Å². The predicted molar refractivity (Wildman–Crippen MR) is 107 cm³/mol. The number of ether oxygens (including phenoxy) is 4. The quantitative estimate of drug-likeness (QED) is 0.586. The van der Waals surface area contributed by atoms with Crippen molar-refractivity contribution in [3.63, 3.8) is 0 Å². The first-order chi connectivity index (χ1) is 14.4.